The maximum atomic E-state index is 13.1. The fourth-order valence-corrected chi connectivity index (χ4v) is 5.32. The minimum Gasteiger partial charge on any atom is -0.351 e. The summed E-state index contributed by atoms with van der Waals surface area (Å²) in [6.45, 7) is 5.12. The molecule has 2 aliphatic rings. The Hall–Kier alpha value is -3.78. The number of rotatable bonds is 3. The normalized spacial score (nSPS) is 16.5. The summed E-state index contributed by atoms with van der Waals surface area (Å²) >= 11 is 0. The smallest absolute Gasteiger partial charge is 0.253 e. The highest BCUT2D eigenvalue weighted by Crippen LogP contribution is 2.33. The highest BCUT2D eigenvalue weighted by atomic mass is 16.2. The van der Waals surface area contributed by atoms with Crippen LogP contribution < -0.4 is 10.6 Å². The predicted octanol–water partition coefficient (Wildman–Crippen LogP) is 3.45. The zero-order valence-corrected chi connectivity index (χ0v) is 19.9. The second kappa shape index (κ2) is 8.78. The quantitative estimate of drug-likeness (QED) is 0.478. The molecule has 0 radical (unpaired) electrons. The van der Waals surface area contributed by atoms with Crippen molar-refractivity contribution in [2.24, 2.45) is 5.73 Å². The first kappa shape index (κ1) is 21.7. The van der Waals surface area contributed by atoms with Crippen LogP contribution in [0.25, 0.3) is 22.0 Å². The molecule has 0 unspecified atom stereocenters. The van der Waals surface area contributed by atoms with Crippen LogP contribution in [0, 0.1) is 6.92 Å². The molecule has 0 saturated carbocycles. The number of H-pyrrole nitrogens is 1. The average Bonchev–Trinajstić information content (AvgIpc) is 3.43. The summed E-state index contributed by atoms with van der Waals surface area (Å²) in [6, 6.07) is 10.7. The zero-order valence-electron chi connectivity index (χ0n) is 19.9. The van der Waals surface area contributed by atoms with Gasteiger partial charge in [0.05, 0.1) is 11.7 Å². The van der Waals surface area contributed by atoms with Crippen molar-refractivity contribution in [3.8, 4) is 11.1 Å². The third kappa shape index (κ3) is 4.04. The lowest BCUT2D eigenvalue weighted by Crippen LogP contribution is -2.43. The number of likely N-dealkylation sites (tertiary alicyclic amines) is 1. The van der Waals surface area contributed by atoms with Gasteiger partial charge in [0, 0.05) is 54.9 Å². The summed E-state index contributed by atoms with van der Waals surface area (Å²) < 4.78 is 0. The van der Waals surface area contributed by atoms with Gasteiger partial charge in [-0.25, -0.2) is 9.97 Å². The number of hydrogen-bond donors (Lipinski definition) is 2. The van der Waals surface area contributed by atoms with E-state index in [0.717, 1.165) is 77.9 Å². The monoisotopic (exact) mass is 467 g/mol. The van der Waals surface area contributed by atoms with Gasteiger partial charge in [0.2, 0.25) is 0 Å². The fourth-order valence-electron chi connectivity index (χ4n) is 5.32. The van der Waals surface area contributed by atoms with Gasteiger partial charge in [-0.2, -0.15) is 5.10 Å². The SMILES string of the molecule is Cc1cc(-c2cn[nH]c2)cc2c(N3CCc4ccc(C(=O)N5CCC(N)CC5)cc4C3)ncnc12. The molecule has 6 rings (SSSR count). The Morgan fingerprint density at radius 3 is 2.71 bits per heavy atom. The van der Waals surface area contributed by atoms with Gasteiger partial charge < -0.3 is 15.5 Å². The minimum absolute atomic E-state index is 0.102. The van der Waals surface area contributed by atoms with E-state index < -0.39 is 0 Å². The molecule has 2 aromatic heterocycles. The number of aryl methyl sites for hydroxylation is 1. The molecule has 1 saturated heterocycles. The number of carbonyl (C=O) groups is 1. The van der Waals surface area contributed by atoms with Gasteiger partial charge in [-0.05, 0) is 72.7 Å². The molecule has 2 aromatic carbocycles. The van der Waals surface area contributed by atoms with E-state index in [4.69, 9.17) is 10.7 Å². The topological polar surface area (TPSA) is 104 Å². The van der Waals surface area contributed by atoms with E-state index in [2.05, 4.69) is 51.3 Å². The van der Waals surface area contributed by atoms with Crippen molar-refractivity contribution in [3.63, 3.8) is 0 Å². The van der Waals surface area contributed by atoms with Gasteiger partial charge in [0.25, 0.3) is 5.91 Å². The summed E-state index contributed by atoms with van der Waals surface area (Å²) in [5.41, 5.74) is 13.5. The molecule has 2 aliphatic heterocycles. The summed E-state index contributed by atoms with van der Waals surface area (Å²) in [5, 5.41) is 8.03. The first-order valence-corrected chi connectivity index (χ1v) is 12.2. The largest absolute Gasteiger partial charge is 0.351 e. The Morgan fingerprint density at radius 2 is 1.91 bits per heavy atom. The number of piperidine rings is 1. The molecule has 0 bridgehead atoms. The van der Waals surface area contributed by atoms with Crippen molar-refractivity contribution >= 4 is 22.6 Å². The van der Waals surface area contributed by atoms with Crippen LogP contribution in [0.1, 0.15) is 39.9 Å². The molecule has 35 heavy (non-hydrogen) atoms. The van der Waals surface area contributed by atoms with E-state index in [1.807, 2.05) is 23.4 Å². The third-order valence-electron chi connectivity index (χ3n) is 7.33. The maximum Gasteiger partial charge on any atom is 0.253 e. The Labute approximate surface area is 204 Å². The van der Waals surface area contributed by atoms with Crippen molar-refractivity contribution in [1.82, 2.24) is 25.1 Å². The number of nitrogens with zero attached hydrogens (tertiary/aromatic N) is 5. The first-order valence-electron chi connectivity index (χ1n) is 12.2. The van der Waals surface area contributed by atoms with Crippen LogP contribution in [-0.4, -0.2) is 56.6 Å². The van der Waals surface area contributed by atoms with Gasteiger partial charge in [-0.1, -0.05) is 6.07 Å². The summed E-state index contributed by atoms with van der Waals surface area (Å²) in [7, 11) is 0. The predicted molar refractivity (Wildman–Crippen MR) is 136 cm³/mol. The molecule has 4 aromatic rings. The Morgan fingerprint density at radius 1 is 1.06 bits per heavy atom. The zero-order chi connectivity index (χ0) is 23.9. The van der Waals surface area contributed by atoms with Crippen molar-refractivity contribution in [1.29, 1.82) is 0 Å². The number of aromatic amines is 1. The van der Waals surface area contributed by atoms with Gasteiger partial charge in [-0.3, -0.25) is 9.89 Å². The molecule has 1 amide bonds. The number of nitrogens with one attached hydrogen (secondary N) is 1. The van der Waals surface area contributed by atoms with Crippen molar-refractivity contribution in [2.75, 3.05) is 24.5 Å². The number of anilines is 1. The van der Waals surface area contributed by atoms with E-state index in [-0.39, 0.29) is 11.9 Å². The number of aromatic nitrogens is 4. The highest BCUT2D eigenvalue weighted by Gasteiger charge is 2.25. The van der Waals surface area contributed by atoms with Crippen LogP contribution in [0.2, 0.25) is 0 Å². The molecule has 0 spiro atoms. The van der Waals surface area contributed by atoms with Crippen LogP contribution in [0.15, 0.2) is 49.1 Å². The third-order valence-corrected chi connectivity index (χ3v) is 7.33. The van der Waals surface area contributed by atoms with Crippen molar-refractivity contribution in [3.05, 3.63) is 71.3 Å². The van der Waals surface area contributed by atoms with Crippen molar-refractivity contribution in [2.45, 2.75) is 38.8 Å². The van der Waals surface area contributed by atoms with Crippen LogP contribution in [0.3, 0.4) is 0 Å². The van der Waals surface area contributed by atoms with Crippen LogP contribution in [-0.2, 0) is 13.0 Å². The highest BCUT2D eigenvalue weighted by molar-refractivity contribution is 5.96. The van der Waals surface area contributed by atoms with E-state index in [9.17, 15) is 4.79 Å². The fraction of sp³-hybridized carbons (Fsp3) is 0.333. The minimum atomic E-state index is 0.102. The number of fused-ring (bicyclic) bond motifs is 2. The second-order valence-electron chi connectivity index (χ2n) is 9.66. The molecule has 0 aliphatic carbocycles. The van der Waals surface area contributed by atoms with Crippen LogP contribution in [0.5, 0.6) is 0 Å². The average molecular weight is 468 g/mol. The summed E-state index contributed by atoms with van der Waals surface area (Å²) in [5.74, 6) is 1.03. The molecule has 4 heterocycles. The number of amides is 1. The lowest BCUT2D eigenvalue weighted by molar-refractivity contribution is 0.0714. The molecule has 8 heteroatoms. The molecule has 8 nitrogen and oxygen atoms in total. The van der Waals surface area contributed by atoms with E-state index in [1.165, 1.54) is 11.1 Å². The van der Waals surface area contributed by atoms with E-state index >= 15 is 0 Å². The Bertz CT molecular complexity index is 1390. The van der Waals surface area contributed by atoms with Gasteiger partial charge >= 0.3 is 0 Å². The number of hydrogen-bond acceptors (Lipinski definition) is 6. The summed E-state index contributed by atoms with van der Waals surface area (Å²) in [6.07, 6.45) is 8.02. The first-order chi connectivity index (χ1) is 17.1. The van der Waals surface area contributed by atoms with Crippen LogP contribution in [0.4, 0.5) is 5.82 Å². The molecular formula is C27H29N7O. The van der Waals surface area contributed by atoms with Crippen LogP contribution >= 0.6 is 0 Å². The number of benzene rings is 2. The number of carbonyl (C=O) groups excluding carboxylic acids is 1. The molecular weight excluding hydrogens is 438 g/mol. The maximum absolute atomic E-state index is 13.1. The molecule has 1 fully saturated rings. The molecule has 3 N–H and O–H groups in total. The van der Waals surface area contributed by atoms with Crippen molar-refractivity contribution < 1.29 is 4.79 Å². The van der Waals surface area contributed by atoms with E-state index in [0.29, 0.717) is 6.54 Å². The Kier molecular flexibility index (Phi) is 5.45. The Balaban J connectivity index is 1.32. The summed E-state index contributed by atoms with van der Waals surface area (Å²) in [4.78, 5) is 26.7. The number of nitrogens with two attached hydrogens (primary N) is 1. The standard InChI is InChI=1S/C27H29N7O/c1-17-10-20(22-13-31-32-14-22)12-24-25(17)29-16-30-26(24)34-7-4-18-2-3-19(11-21(18)15-34)27(35)33-8-5-23(28)6-9-33/h2-3,10-14,16,23H,4-9,15,28H2,1H3,(H,31,32). The molecule has 178 valence electrons. The van der Waals surface area contributed by atoms with Gasteiger partial charge in [0.1, 0.15) is 12.1 Å². The van der Waals surface area contributed by atoms with E-state index in [1.54, 1.807) is 6.33 Å². The van der Waals surface area contributed by atoms with Gasteiger partial charge in [0.15, 0.2) is 0 Å². The molecule has 0 atom stereocenters. The lowest BCUT2D eigenvalue weighted by atomic mass is 9.96. The van der Waals surface area contributed by atoms with Gasteiger partial charge in [-0.15, -0.1) is 0 Å². The lowest BCUT2D eigenvalue weighted by Gasteiger charge is -2.32. The second-order valence-corrected chi connectivity index (χ2v) is 9.66.